The fraction of sp³-hybridized carbons (Fsp3) is 0.900. The third kappa shape index (κ3) is 19.7. The summed E-state index contributed by atoms with van der Waals surface area (Å²) in [7, 11) is 0. The van der Waals surface area contributed by atoms with E-state index in [1.165, 1.54) is 89.9 Å². The van der Waals surface area contributed by atoms with Gasteiger partial charge in [0.2, 0.25) is 0 Å². The molecule has 0 aromatic heterocycles. The number of aliphatic hydroxyl groups is 2. The highest BCUT2D eigenvalue weighted by Crippen LogP contribution is 2.10. The molecule has 0 saturated carbocycles. The summed E-state index contributed by atoms with van der Waals surface area (Å²) >= 11 is 0. The van der Waals surface area contributed by atoms with E-state index >= 15 is 0 Å². The molecule has 0 aromatic carbocycles. The van der Waals surface area contributed by atoms with Gasteiger partial charge in [-0.2, -0.15) is 0 Å². The van der Waals surface area contributed by atoms with Crippen LogP contribution in [0.4, 0.5) is 0 Å². The lowest BCUT2D eigenvalue weighted by atomic mass is 10.1. The van der Waals surface area contributed by atoms with E-state index in [0.717, 1.165) is 12.8 Å². The Morgan fingerprint density at radius 1 is 0.364 bits per heavy atom. The van der Waals surface area contributed by atoms with Crippen LogP contribution in [0.5, 0.6) is 0 Å². The summed E-state index contributed by atoms with van der Waals surface area (Å²) < 4.78 is 0. The van der Waals surface area contributed by atoms with Crippen molar-refractivity contribution < 1.29 is 10.2 Å². The van der Waals surface area contributed by atoms with Crippen LogP contribution in [-0.4, -0.2) is 23.4 Å². The van der Waals surface area contributed by atoms with Gasteiger partial charge < -0.3 is 10.2 Å². The molecule has 0 bridgehead atoms. The number of rotatable bonds is 18. The lowest BCUT2D eigenvalue weighted by Gasteiger charge is -2.00. The summed E-state index contributed by atoms with van der Waals surface area (Å²) in [4.78, 5) is 0. The summed E-state index contributed by atoms with van der Waals surface area (Å²) in [6, 6.07) is 0. The highest BCUT2D eigenvalue weighted by molar-refractivity contribution is 4.81. The van der Waals surface area contributed by atoms with E-state index in [9.17, 15) is 0 Å². The summed E-state index contributed by atoms with van der Waals surface area (Å²) in [6.07, 6.45) is 24.9. The molecule has 0 rings (SSSR count). The third-order valence-corrected chi connectivity index (χ3v) is 4.22. The molecule has 0 amide bonds. The van der Waals surface area contributed by atoms with E-state index in [1.54, 1.807) is 0 Å². The van der Waals surface area contributed by atoms with Crippen LogP contribution >= 0.6 is 0 Å². The molecule has 2 N–H and O–H groups in total. The molecule has 0 atom stereocenters. The first-order valence-electron chi connectivity index (χ1n) is 9.78. The first kappa shape index (κ1) is 21.7. The minimum atomic E-state index is 0.356. The Morgan fingerprint density at radius 2 is 0.636 bits per heavy atom. The molecule has 0 fully saturated rings. The van der Waals surface area contributed by atoms with Gasteiger partial charge >= 0.3 is 0 Å². The molecule has 132 valence electrons. The van der Waals surface area contributed by atoms with Gasteiger partial charge in [-0.25, -0.2) is 0 Å². The second-order valence-corrected chi connectivity index (χ2v) is 6.45. The van der Waals surface area contributed by atoms with E-state index in [0.29, 0.717) is 13.2 Å². The van der Waals surface area contributed by atoms with Gasteiger partial charge in [-0.3, -0.25) is 0 Å². The highest BCUT2D eigenvalue weighted by Gasteiger charge is 1.92. The van der Waals surface area contributed by atoms with Crippen molar-refractivity contribution >= 4 is 0 Å². The van der Waals surface area contributed by atoms with Crippen molar-refractivity contribution in [3.63, 3.8) is 0 Å². The maximum absolute atomic E-state index is 8.69. The monoisotopic (exact) mass is 312 g/mol. The van der Waals surface area contributed by atoms with E-state index in [4.69, 9.17) is 10.2 Å². The molecule has 22 heavy (non-hydrogen) atoms. The Morgan fingerprint density at radius 3 is 0.955 bits per heavy atom. The molecular weight excluding hydrogens is 272 g/mol. The van der Waals surface area contributed by atoms with Crippen LogP contribution in [0.2, 0.25) is 0 Å². The molecule has 0 saturated heterocycles. The van der Waals surface area contributed by atoms with Crippen LogP contribution in [0.1, 0.15) is 103 Å². The molecule has 2 nitrogen and oxygen atoms in total. The smallest absolute Gasteiger partial charge is 0.0431 e. The minimum absolute atomic E-state index is 0.356. The van der Waals surface area contributed by atoms with Crippen LogP contribution in [-0.2, 0) is 0 Å². The Hall–Kier alpha value is -0.340. The molecular formula is C20H40O2. The summed E-state index contributed by atoms with van der Waals surface area (Å²) in [5.74, 6) is 0. The first-order valence-corrected chi connectivity index (χ1v) is 9.78. The van der Waals surface area contributed by atoms with Gasteiger partial charge in [0.15, 0.2) is 0 Å². The second kappa shape index (κ2) is 20.7. The predicted molar refractivity (Wildman–Crippen MR) is 97.2 cm³/mol. The SMILES string of the molecule is OCCCCCCCCCC=CCCCCCCCCCO. The van der Waals surface area contributed by atoms with Gasteiger partial charge in [0.25, 0.3) is 0 Å². The Labute approximate surface area is 139 Å². The molecule has 0 aliphatic carbocycles. The topological polar surface area (TPSA) is 40.5 Å². The van der Waals surface area contributed by atoms with Gasteiger partial charge in [-0.15, -0.1) is 0 Å². The van der Waals surface area contributed by atoms with Crippen molar-refractivity contribution in [1.82, 2.24) is 0 Å². The standard InChI is InChI=1S/C20H40O2/c21-19-17-15-13-11-9-7-5-3-1-2-4-6-8-10-12-14-16-18-20-22/h1-2,21-22H,3-20H2. The number of unbranched alkanes of at least 4 members (excludes halogenated alkanes) is 14. The number of allylic oxidation sites excluding steroid dienone is 2. The van der Waals surface area contributed by atoms with Gasteiger partial charge in [0.05, 0.1) is 0 Å². The Bertz CT molecular complexity index is 192. The van der Waals surface area contributed by atoms with E-state index < -0.39 is 0 Å². The first-order chi connectivity index (χ1) is 10.9. The summed E-state index contributed by atoms with van der Waals surface area (Å²) in [5, 5.41) is 17.4. The van der Waals surface area contributed by atoms with Crippen LogP contribution in [0.25, 0.3) is 0 Å². The van der Waals surface area contributed by atoms with Crippen molar-refractivity contribution in [3.05, 3.63) is 12.2 Å². The zero-order chi connectivity index (χ0) is 16.1. The average Bonchev–Trinajstić information content (AvgIpc) is 2.54. The largest absolute Gasteiger partial charge is 0.396 e. The van der Waals surface area contributed by atoms with Gasteiger partial charge in [-0.1, -0.05) is 76.4 Å². The predicted octanol–water partition coefficient (Wildman–Crippen LogP) is 5.77. The molecule has 2 heteroatoms. The fourth-order valence-corrected chi connectivity index (χ4v) is 2.75. The van der Waals surface area contributed by atoms with Crippen molar-refractivity contribution in [2.75, 3.05) is 13.2 Å². The molecule has 0 aliphatic heterocycles. The average molecular weight is 313 g/mol. The molecule has 0 spiro atoms. The number of aliphatic hydroxyl groups excluding tert-OH is 2. The van der Waals surface area contributed by atoms with Crippen molar-refractivity contribution in [2.45, 2.75) is 103 Å². The van der Waals surface area contributed by atoms with Crippen LogP contribution in [0, 0.1) is 0 Å². The molecule has 0 aliphatic rings. The van der Waals surface area contributed by atoms with E-state index in [1.807, 2.05) is 0 Å². The lowest BCUT2D eigenvalue weighted by molar-refractivity contribution is 0.282. The molecule has 0 aromatic rings. The van der Waals surface area contributed by atoms with Gasteiger partial charge in [-0.05, 0) is 38.5 Å². The quantitative estimate of drug-likeness (QED) is 0.249. The Balaban J connectivity index is 3.03. The minimum Gasteiger partial charge on any atom is -0.396 e. The Kier molecular flexibility index (Phi) is 20.3. The normalized spacial score (nSPS) is 11.5. The van der Waals surface area contributed by atoms with Crippen molar-refractivity contribution in [3.8, 4) is 0 Å². The fourth-order valence-electron chi connectivity index (χ4n) is 2.75. The van der Waals surface area contributed by atoms with Crippen LogP contribution in [0.3, 0.4) is 0 Å². The van der Waals surface area contributed by atoms with Gasteiger partial charge in [0, 0.05) is 13.2 Å². The zero-order valence-corrected chi connectivity index (χ0v) is 14.8. The zero-order valence-electron chi connectivity index (χ0n) is 14.8. The summed E-state index contributed by atoms with van der Waals surface area (Å²) in [6.45, 7) is 0.711. The third-order valence-electron chi connectivity index (χ3n) is 4.22. The van der Waals surface area contributed by atoms with Crippen LogP contribution in [0.15, 0.2) is 12.2 Å². The van der Waals surface area contributed by atoms with Crippen LogP contribution < -0.4 is 0 Å². The van der Waals surface area contributed by atoms with Crippen molar-refractivity contribution in [2.24, 2.45) is 0 Å². The molecule has 0 radical (unpaired) electrons. The molecule has 0 heterocycles. The maximum Gasteiger partial charge on any atom is 0.0431 e. The van der Waals surface area contributed by atoms with Crippen molar-refractivity contribution in [1.29, 1.82) is 0 Å². The highest BCUT2D eigenvalue weighted by atomic mass is 16.3. The van der Waals surface area contributed by atoms with Gasteiger partial charge in [0.1, 0.15) is 0 Å². The lowest BCUT2D eigenvalue weighted by Crippen LogP contribution is -1.84. The van der Waals surface area contributed by atoms with E-state index in [2.05, 4.69) is 12.2 Å². The molecule has 0 unspecified atom stereocenters. The number of hydrogen-bond acceptors (Lipinski definition) is 2. The summed E-state index contributed by atoms with van der Waals surface area (Å²) in [5.41, 5.74) is 0. The number of hydrogen-bond donors (Lipinski definition) is 2. The second-order valence-electron chi connectivity index (χ2n) is 6.45. The maximum atomic E-state index is 8.69. The van der Waals surface area contributed by atoms with E-state index in [-0.39, 0.29) is 0 Å².